The van der Waals surface area contributed by atoms with Gasteiger partial charge in [-0.15, -0.1) is 11.3 Å². The Hall–Kier alpha value is -1.20. The Labute approximate surface area is 98.3 Å². The van der Waals surface area contributed by atoms with Crippen molar-refractivity contribution in [3.05, 3.63) is 23.5 Å². The summed E-state index contributed by atoms with van der Waals surface area (Å²) in [5.41, 5.74) is 0.876. The molecule has 2 rings (SSSR count). The molecule has 2 heterocycles. The van der Waals surface area contributed by atoms with Crippen molar-refractivity contribution in [3.63, 3.8) is 0 Å². The fourth-order valence-corrected chi connectivity index (χ4v) is 2.33. The lowest BCUT2D eigenvalue weighted by Gasteiger charge is -1.98. The van der Waals surface area contributed by atoms with Crippen LogP contribution < -0.4 is 5.32 Å². The number of carbonyl (C=O) groups is 1. The average Bonchev–Trinajstić information content (AvgIpc) is 2.78. The second kappa shape index (κ2) is 5.23. The number of thiazole rings is 1. The molecule has 0 bridgehead atoms. The number of Topliss-reactive ketones (excluding diaryl/α,β-unsaturated/α-hetero) is 1. The van der Waals surface area contributed by atoms with E-state index in [0.717, 1.165) is 23.6 Å². The first-order chi connectivity index (χ1) is 7.79. The topological polar surface area (TPSA) is 46.4 Å². The van der Waals surface area contributed by atoms with E-state index >= 15 is 0 Å². The van der Waals surface area contributed by atoms with E-state index in [2.05, 4.69) is 10.3 Å². The first-order valence-electron chi connectivity index (χ1n) is 5.37. The minimum absolute atomic E-state index is 0.265. The molecule has 0 unspecified atom stereocenters. The Balaban J connectivity index is 1.89. The molecule has 0 atom stereocenters. The van der Waals surface area contributed by atoms with Crippen molar-refractivity contribution in [2.75, 3.05) is 13.6 Å². The van der Waals surface area contributed by atoms with E-state index in [0.29, 0.717) is 12.8 Å². The van der Waals surface area contributed by atoms with Crippen molar-refractivity contribution in [1.29, 1.82) is 0 Å². The number of nitrogens with zero attached hydrogens (tertiary/aromatic N) is 2. The van der Waals surface area contributed by atoms with Gasteiger partial charge in [0.2, 0.25) is 0 Å². The minimum Gasteiger partial charge on any atom is -0.320 e. The van der Waals surface area contributed by atoms with Gasteiger partial charge in [0.05, 0.1) is 12.1 Å². The molecule has 16 heavy (non-hydrogen) atoms. The van der Waals surface area contributed by atoms with E-state index in [1.807, 2.05) is 29.2 Å². The smallest absolute Gasteiger partial charge is 0.193 e. The number of fused-ring (bicyclic) bond motifs is 1. The molecule has 0 saturated carbocycles. The second-order valence-corrected chi connectivity index (χ2v) is 4.62. The number of imidazole rings is 1. The summed E-state index contributed by atoms with van der Waals surface area (Å²) in [5.74, 6) is 0.265. The lowest BCUT2D eigenvalue weighted by atomic mass is 10.1. The second-order valence-electron chi connectivity index (χ2n) is 3.75. The van der Waals surface area contributed by atoms with E-state index in [1.54, 1.807) is 11.3 Å². The Morgan fingerprint density at radius 2 is 2.50 bits per heavy atom. The van der Waals surface area contributed by atoms with Crippen molar-refractivity contribution >= 4 is 22.1 Å². The molecule has 0 spiro atoms. The fraction of sp³-hybridized carbons (Fsp3) is 0.455. The lowest BCUT2D eigenvalue weighted by molar-refractivity contribution is -0.118. The number of nitrogens with one attached hydrogen (secondary N) is 1. The van der Waals surface area contributed by atoms with E-state index in [4.69, 9.17) is 0 Å². The van der Waals surface area contributed by atoms with Crippen LogP contribution >= 0.6 is 11.3 Å². The molecule has 0 saturated heterocycles. The standard InChI is InChI=1S/C11H15N3OS/c1-12-4-2-3-10(15)7-9-8-14-5-6-16-11(14)13-9/h5-6,8,12H,2-4,7H2,1H3. The average molecular weight is 237 g/mol. The van der Waals surface area contributed by atoms with Crippen LogP contribution in [0.25, 0.3) is 4.96 Å². The predicted octanol–water partition coefficient (Wildman–Crippen LogP) is 1.51. The van der Waals surface area contributed by atoms with E-state index in [1.165, 1.54) is 0 Å². The third kappa shape index (κ3) is 2.68. The molecule has 0 radical (unpaired) electrons. The minimum atomic E-state index is 0.265. The SMILES string of the molecule is CNCCCC(=O)Cc1cn2ccsc2n1. The van der Waals surface area contributed by atoms with Crippen LogP contribution in [0.4, 0.5) is 0 Å². The molecule has 0 aliphatic heterocycles. The van der Waals surface area contributed by atoms with Gasteiger partial charge in [0.25, 0.3) is 0 Å². The van der Waals surface area contributed by atoms with Gasteiger partial charge in [-0.25, -0.2) is 4.98 Å². The summed E-state index contributed by atoms with van der Waals surface area (Å²) >= 11 is 1.59. The van der Waals surface area contributed by atoms with Gasteiger partial charge in [-0.05, 0) is 20.0 Å². The molecular formula is C11H15N3OS. The highest BCUT2D eigenvalue weighted by atomic mass is 32.1. The molecule has 0 aliphatic rings. The van der Waals surface area contributed by atoms with Crippen LogP contribution in [-0.4, -0.2) is 28.8 Å². The number of ketones is 1. The van der Waals surface area contributed by atoms with Gasteiger partial charge >= 0.3 is 0 Å². The number of carbonyl (C=O) groups excluding carboxylic acids is 1. The normalized spacial score (nSPS) is 11.1. The third-order valence-electron chi connectivity index (χ3n) is 2.40. The molecule has 1 N–H and O–H groups in total. The summed E-state index contributed by atoms with van der Waals surface area (Å²) in [6, 6.07) is 0. The van der Waals surface area contributed by atoms with Gasteiger partial charge in [-0.2, -0.15) is 0 Å². The number of hydrogen-bond donors (Lipinski definition) is 1. The highest BCUT2D eigenvalue weighted by Gasteiger charge is 2.07. The Bertz CT molecular complexity index is 446. The number of aromatic nitrogens is 2. The summed E-state index contributed by atoms with van der Waals surface area (Å²) in [6.45, 7) is 0.893. The zero-order valence-electron chi connectivity index (χ0n) is 9.27. The van der Waals surface area contributed by atoms with Crippen LogP contribution in [0, 0.1) is 0 Å². The molecular weight excluding hydrogens is 222 g/mol. The quantitative estimate of drug-likeness (QED) is 0.775. The van der Waals surface area contributed by atoms with Crippen molar-refractivity contribution in [3.8, 4) is 0 Å². The summed E-state index contributed by atoms with van der Waals surface area (Å²) in [4.78, 5) is 17.0. The monoisotopic (exact) mass is 237 g/mol. The van der Waals surface area contributed by atoms with E-state index < -0.39 is 0 Å². The van der Waals surface area contributed by atoms with Gasteiger partial charge in [-0.3, -0.25) is 9.20 Å². The van der Waals surface area contributed by atoms with Gasteiger partial charge in [0.15, 0.2) is 4.96 Å². The zero-order valence-corrected chi connectivity index (χ0v) is 10.1. The maximum absolute atomic E-state index is 11.6. The van der Waals surface area contributed by atoms with Crippen LogP contribution in [-0.2, 0) is 11.2 Å². The number of hydrogen-bond acceptors (Lipinski definition) is 4. The molecule has 0 aromatic carbocycles. The van der Waals surface area contributed by atoms with Gasteiger partial charge in [0.1, 0.15) is 5.78 Å². The Kier molecular flexibility index (Phi) is 3.69. The molecule has 0 fully saturated rings. The van der Waals surface area contributed by atoms with E-state index in [-0.39, 0.29) is 5.78 Å². The summed E-state index contributed by atoms with van der Waals surface area (Å²) in [7, 11) is 1.90. The first-order valence-corrected chi connectivity index (χ1v) is 6.25. The molecule has 2 aromatic rings. The van der Waals surface area contributed by atoms with Crippen LogP contribution in [0.15, 0.2) is 17.8 Å². The maximum atomic E-state index is 11.6. The molecule has 0 amide bonds. The number of rotatable bonds is 6. The van der Waals surface area contributed by atoms with Crippen molar-refractivity contribution in [2.45, 2.75) is 19.3 Å². The zero-order chi connectivity index (χ0) is 11.4. The summed E-state index contributed by atoms with van der Waals surface area (Å²) < 4.78 is 1.96. The van der Waals surface area contributed by atoms with Gasteiger partial charge < -0.3 is 5.32 Å². The van der Waals surface area contributed by atoms with Crippen LogP contribution in [0.1, 0.15) is 18.5 Å². The Morgan fingerprint density at radius 1 is 1.62 bits per heavy atom. The summed E-state index contributed by atoms with van der Waals surface area (Å²) in [6.07, 6.45) is 5.88. The van der Waals surface area contributed by atoms with Crippen molar-refractivity contribution < 1.29 is 4.79 Å². The van der Waals surface area contributed by atoms with E-state index in [9.17, 15) is 4.79 Å². The maximum Gasteiger partial charge on any atom is 0.193 e. The highest BCUT2D eigenvalue weighted by Crippen LogP contribution is 2.12. The molecule has 2 aromatic heterocycles. The Morgan fingerprint density at radius 3 is 3.25 bits per heavy atom. The summed E-state index contributed by atoms with van der Waals surface area (Å²) in [5, 5.41) is 5.02. The molecule has 4 nitrogen and oxygen atoms in total. The molecule has 86 valence electrons. The van der Waals surface area contributed by atoms with Gasteiger partial charge in [0, 0.05) is 24.2 Å². The third-order valence-corrected chi connectivity index (χ3v) is 3.17. The first kappa shape index (κ1) is 11.3. The van der Waals surface area contributed by atoms with Crippen molar-refractivity contribution in [1.82, 2.24) is 14.7 Å². The fourth-order valence-electron chi connectivity index (χ4n) is 1.61. The molecule has 0 aliphatic carbocycles. The van der Waals surface area contributed by atoms with Gasteiger partial charge in [-0.1, -0.05) is 0 Å². The molecule has 5 heteroatoms. The largest absolute Gasteiger partial charge is 0.320 e. The lowest BCUT2D eigenvalue weighted by Crippen LogP contribution is -2.11. The van der Waals surface area contributed by atoms with Crippen LogP contribution in [0.3, 0.4) is 0 Å². The van der Waals surface area contributed by atoms with Crippen LogP contribution in [0.5, 0.6) is 0 Å². The van der Waals surface area contributed by atoms with Crippen LogP contribution in [0.2, 0.25) is 0 Å². The highest BCUT2D eigenvalue weighted by molar-refractivity contribution is 7.15. The predicted molar refractivity (Wildman–Crippen MR) is 64.9 cm³/mol. The van der Waals surface area contributed by atoms with Crippen molar-refractivity contribution in [2.24, 2.45) is 0 Å².